The van der Waals surface area contributed by atoms with Crippen LogP contribution in [0.5, 0.6) is 11.5 Å². The standard InChI is InChI=1S/C20H22O5/c1-13(2)25-17-11-7-15(8-12-17)19(21)18(20(22)24-4)14-5-9-16(23-3)10-6-14/h5-13,18H,1-4H3. The number of hydrogen-bond acceptors (Lipinski definition) is 5. The van der Waals surface area contributed by atoms with Crippen LogP contribution in [0.15, 0.2) is 48.5 Å². The molecular formula is C20H22O5. The fraction of sp³-hybridized carbons (Fsp3) is 0.300. The van der Waals surface area contributed by atoms with Crippen LogP contribution in [0.3, 0.4) is 0 Å². The molecule has 0 heterocycles. The first-order chi connectivity index (χ1) is 12.0. The van der Waals surface area contributed by atoms with E-state index in [4.69, 9.17) is 14.2 Å². The number of ketones is 1. The van der Waals surface area contributed by atoms with Crippen molar-refractivity contribution in [2.24, 2.45) is 0 Å². The summed E-state index contributed by atoms with van der Waals surface area (Å²) in [5.74, 6) is -0.626. The van der Waals surface area contributed by atoms with Crippen LogP contribution in [-0.2, 0) is 9.53 Å². The van der Waals surface area contributed by atoms with Crippen molar-refractivity contribution in [2.45, 2.75) is 25.9 Å². The van der Waals surface area contributed by atoms with Crippen LogP contribution in [0, 0.1) is 0 Å². The SMILES string of the molecule is COC(=O)C(C(=O)c1ccc(OC(C)C)cc1)c1ccc(OC)cc1. The van der Waals surface area contributed by atoms with Crippen LogP contribution < -0.4 is 9.47 Å². The van der Waals surface area contributed by atoms with Crippen molar-refractivity contribution < 1.29 is 23.8 Å². The monoisotopic (exact) mass is 342 g/mol. The summed E-state index contributed by atoms with van der Waals surface area (Å²) in [6, 6.07) is 13.5. The first-order valence-electron chi connectivity index (χ1n) is 7.99. The fourth-order valence-electron chi connectivity index (χ4n) is 2.45. The van der Waals surface area contributed by atoms with E-state index in [1.165, 1.54) is 7.11 Å². The Labute approximate surface area is 147 Å². The van der Waals surface area contributed by atoms with Gasteiger partial charge in [-0.05, 0) is 55.8 Å². The third-order valence-electron chi connectivity index (χ3n) is 3.66. The number of Topliss-reactive ketones (excluding diaryl/α,β-unsaturated/α-hetero) is 1. The van der Waals surface area contributed by atoms with Gasteiger partial charge in [-0.15, -0.1) is 0 Å². The quantitative estimate of drug-likeness (QED) is 0.437. The first-order valence-corrected chi connectivity index (χ1v) is 7.99. The summed E-state index contributed by atoms with van der Waals surface area (Å²) in [6.45, 7) is 3.85. The maximum atomic E-state index is 12.9. The Kier molecular flexibility index (Phi) is 6.17. The van der Waals surface area contributed by atoms with Crippen LogP contribution in [0.2, 0.25) is 0 Å². The minimum Gasteiger partial charge on any atom is -0.497 e. The van der Waals surface area contributed by atoms with Crippen molar-refractivity contribution in [3.05, 3.63) is 59.7 Å². The second-order valence-corrected chi connectivity index (χ2v) is 5.78. The van der Waals surface area contributed by atoms with E-state index in [0.717, 1.165) is 0 Å². The number of carbonyl (C=O) groups excluding carboxylic acids is 2. The second-order valence-electron chi connectivity index (χ2n) is 5.78. The summed E-state index contributed by atoms with van der Waals surface area (Å²) in [7, 11) is 2.82. The van der Waals surface area contributed by atoms with Crippen molar-refractivity contribution in [3.63, 3.8) is 0 Å². The van der Waals surface area contributed by atoms with Gasteiger partial charge in [-0.25, -0.2) is 0 Å². The molecule has 132 valence electrons. The topological polar surface area (TPSA) is 61.8 Å². The Morgan fingerprint density at radius 3 is 1.88 bits per heavy atom. The Bertz CT molecular complexity index is 717. The molecule has 2 aromatic rings. The molecule has 2 rings (SSSR count). The number of esters is 1. The largest absolute Gasteiger partial charge is 0.497 e. The van der Waals surface area contributed by atoms with Crippen molar-refractivity contribution in [1.29, 1.82) is 0 Å². The Hall–Kier alpha value is -2.82. The Balaban J connectivity index is 2.30. The molecule has 0 saturated heterocycles. The van der Waals surface area contributed by atoms with Gasteiger partial charge in [0.1, 0.15) is 17.4 Å². The van der Waals surface area contributed by atoms with Gasteiger partial charge in [0, 0.05) is 5.56 Å². The zero-order valence-corrected chi connectivity index (χ0v) is 14.8. The van der Waals surface area contributed by atoms with Gasteiger partial charge in [-0.1, -0.05) is 12.1 Å². The molecule has 0 fully saturated rings. The highest BCUT2D eigenvalue weighted by molar-refractivity contribution is 6.13. The maximum absolute atomic E-state index is 12.9. The molecule has 0 saturated carbocycles. The summed E-state index contributed by atoms with van der Waals surface area (Å²) in [4.78, 5) is 25.1. The highest BCUT2D eigenvalue weighted by Crippen LogP contribution is 2.26. The van der Waals surface area contributed by atoms with Gasteiger partial charge in [-0.3, -0.25) is 9.59 Å². The minimum absolute atomic E-state index is 0.0451. The third-order valence-corrected chi connectivity index (χ3v) is 3.66. The van der Waals surface area contributed by atoms with E-state index in [9.17, 15) is 9.59 Å². The molecule has 0 aliphatic carbocycles. The van der Waals surface area contributed by atoms with Crippen molar-refractivity contribution in [1.82, 2.24) is 0 Å². The van der Waals surface area contributed by atoms with Gasteiger partial charge in [-0.2, -0.15) is 0 Å². The van der Waals surface area contributed by atoms with E-state index < -0.39 is 11.9 Å². The van der Waals surface area contributed by atoms with Gasteiger partial charge < -0.3 is 14.2 Å². The van der Waals surface area contributed by atoms with Crippen LogP contribution in [0.25, 0.3) is 0 Å². The van der Waals surface area contributed by atoms with E-state index in [-0.39, 0.29) is 11.9 Å². The normalized spacial score (nSPS) is 11.7. The summed E-state index contributed by atoms with van der Waals surface area (Å²) >= 11 is 0. The predicted molar refractivity (Wildman–Crippen MR) is 94.3 cm³/mol. The molecule has 0 radical (unpaired) electrons. The predicted octanol–water partition coefficient (Wildman–Crippen LogP) is 3.62. The van der Waals surface area contributed by atoms with Gasteiger partial charge in [0.15, 0.2) is 5.78 Å². The van der Waals surface area contributed by atoms with E-state index >= 15 is 0 Å². The average Bonchev–Trinajstić information content (AvgIpc) is 2.62. The molecule has 1 atom stereocenters. The number of hydrogen-bond donors (Lipinski definition) is 0. The average molecular weight is 342 g/mol. The molecule has 25 heavy (non-hydrogen) atoms. The van der Waals surface area contributed by atoms with Crippen molar-refractivity contribution >= 4 is 11.8 Å². The molecule has 0 aliphatic rings. The smallest absolute Gasteiger partial charge is 0.321 e. The molecule has 0 amide bonds. The number of carbonyl (C=O) groups is 2. The Morgan fingerprint density at radius 1 is 0.840 bits per heavy atom. The minimum atomic E-state index is -1.02. The number of ether oxygens (including phenoxy) is 3. The van der Waals surface area contributed by atoms with Crippen LogP contribution in [0.1, 0.15) is 35.7 Å². The second kappa shape index (κ2) is 8.33. The molecule has 0 N–H and O–H groups in total. The maximum Gasteiger partial charge on any atom is 0.321 e. The van der Waals surface area contributed by atoms with Gasteiger partial charge >= 0.3 is 5.97 Å². The van der Waals surface area contributed by atoms with E-state index in [1.54, 1.807) is 55.6 Å². The zero-order valence-electron chi connectivity index (χ0n) is 14.8. The molecule has 1 unspecified atom stereocenters. The van der Waals surface area contributed by atoms with E-state index in [0.29, 0.717) is 22.6 Å². The van der Waals surface area contributed by atoms with E-state index in [1.807, 2.05) is 13.8 Å². The van der Waals surface area contributed by atoms with Crippen LogP contribution in [0.4, 0.5) is 0 Å². The number of rotatable bonds is 7. The lowest BCUT2D eigenvalue weighted by molar-refractivity contribution is -0.141. The Morgan fingerprint density at radius 2 is 1.40 bits per heavy atom. The highest BCUT2D eigenvalue weighted by atomic mass is 16.5. The number of benzene rings is 2. The molecular weight excluding hydrogens is 320 g/mol. The molecule has 5 heteroatoms. The summed E-state index contributed by atoms with van der Waals surface area (Å²) in [5, 5.41) is 0. The molecule has 0 aromatic heterocycles. The van der Waals surface area contributed by atoms with Crippen molar-refractivity contribution in [3.8, 4) is 11.5 Å². The fourth-order valence-corrected chi connectivity index (χ4v) is 2.45. The third kappa shape index (κ3) is 4.59. The van der Waals surface area contributed by atoms with Gasteiger partial charge in [0.2, 0.25) is 0 Å². The summed E-state index contributed by atoms with van der Waals surface area (Å²) in [6.07, 6.45) is 0.0451. The first kappa shape index (κ1) is 18.5. The van der Waals surface area contributed by atoms with Gasteiger partial charge in [0.25, 0.3) is 0 Å². The van der Waals surface area contributed by atoms with Crippen LogP contribution in [-0.4, -0.2) is 32.1 Å². The number of methoxy groups -OCH3 is 2. The summed E-state index contributed by atoms with van der Waals surface area (Å²) < 4.78 is 15.5. The lowest BCUT2D eigenvalue weighted by atomic mass is 9.90. The zero-order chi connectivity index (χ0) is 18.4. The van der Waals surface area contributed by atoms with E-state index in [2.05, 4.69) is 0 Å². The lowest BCUT2D eigenvalue weighted by Crippen LogP contribution is -2.23. The van der Waals surface area contributed by atoms with Gasteiger partial charge in [0.05, 0.1) is 20.3 Å². The molecule has 2 aromatic carbocycles. The van der Waals surface area contributed by atoms with Crippen molar-refractivity contribution in [2.75, 3.05) is 14.2 Å². The molecule has 0 aliphatic heterocycles. The lowest BCUT2D eigenvalue weighted by Gasteiger charge is -2.15. The molecule has 0 spiro atoms. The molecule has 0 bridgehead atoms. The molecule has 5 nitrogen and oxygen atoms in total. The summed E-state index contributed by atoms with van der Waals surface area (Å²) in [5.41, 5.74) is 0.975. The van der Waals surface area contributed by atoms with Crippen LogP contribution >= 0.6 is 0 Å². The highest BCUT2D eigenvalue weighted by Gasteiger charge is 2.30.